The second-order valence-corrected chi connectivity index (χ2v) is 6.31. The summed E-state index contributed by atoms with van der Waals surface area (Å²) in [5.41, 5.74) is 1.17. The van der Waals surface area contributed by atoms with Gasteiger partial charge in [-0.3, -0.25) is 0 Å². The predicted octanol–water partition coefficient (Wildman–Crippen LogP) is 4.34. The molecular formula is C18H29NO2. The van der Waals surface area contributed by atoms with Gasteiger partial charge in [-0.15, -0.1) is 0 Å². The lowest BCUT2D eigenvalue weighted by atomic mass is 9.78. The van der Waals surface area contributed by atoms with Crippen LogP contribution in [0.2, 0.25) is 0 Å². The fourth-order valence-corrected chi connectivity index (χ4v) is 3.27. The Morgan fingerprint density at radius 1 is 1.19 bits per heavy atom. The van der Waals surface area contributed by atoms with Gasteiger partial charge in [-0.1, -0.05) is 32.8 Å². The Morgan fingerprint density at radius 3 is 2.76 bits per heavy atom. The maximum absolute atomic E-state index is 5.69. The van der Waals surface area contributed by atoms with Gasteiger partial charge in [-0.2, -0.15) is 0 Å². The van der Waals surface area contributed by atoms with Crippen LogP contribution in [0.15, 0.2) is 24.3 Å². The number of ether oxygens (including phenoxy) is 2. The fourth-order valence-electron chi connectivity index (χ4n) is 3.27. The Bertz CT molecular complexity index is 419. The van der Waals surface area contributed by atoms with Crippen molar-refractivity contribution in [3.8, 4) is 5.75 Å². The summed E-state index contributed by atoms with van der Waals surface area (Å²) in [4.78, 5) is 0. The molecule has 0 bridgehead atoms. The highest BCUT2D eigenvalue weighted by Gasteiger charge is 2.27. The first-order valence-electron chi connectivity index (χ1n) is 8.19. The molecule has 1 fully saturated rings. The summed E-state index contributed by atoms with van der Waals surface area (Å²) in [6, 6.07) is 8.88. The summed E-state index contributed by atoms with van der Waals surface area (Å²) in [6.07, 6.45) is 5.34. The third kappa shape index (κ3) is 4.92. The quantitative estimate of drug-likeness (QED) is 0.758. The third-order valence-electron chi connectivity index (χ3n) is 4.42. The van der Waals surface area contributed by atoms with E-state index in [1.807, 2.05) is 6.07 Å². The molecule has 118 valence electrons. The monoisotopic (exact) mass is 291 g/mol. The molecule has 3 heteroatoms. The largest absolute Gasteiger partial charge is 0.491 e. The molecule has 0 saturated heterocycles. The first kappa shape index (κ1) is 16.2. The second kappa shape index (κ2) is 8.28. The number of hydrogen-bond acceptors (Lipinski definition) is 3. The van der Waals surface area contributed by atoms with Crippen LogP contribution < -0.4 is 10.1 Å². The molecule has 0 aliphatic heterocycles. The van der Waals surface area contributed by atoms with E-state index in [0.717, 1.165) is 17.6 Å². The third-order valence-corrected chi connectivity index (χ3v) is 4.42. The van der Waals surface area contributed by atoms with Gasteiger partial charge in [0.05, 0.1) is 6.61 Å². The zero-order valence-corrected chi connectivity index (χ0v) is 13.6. The highest BCUT2D eigenvalue weighted by Crippen LogP contribution is 2.32. The van der Waals surface area contributed by atoms with Gasteiger partial charge in [0.25, 0.3) is 0 Å². The number of rotatable bonds is 7. The van der Waals surface area contributed by atoms with E-state index in [4.69, 9.17) is 9.47 Å². The molecule has 0 spiro atoms. The van der Waals surface area contributed by atoms with E-state index in [1.54, 1.807) is 7.11 Å². The van der Waals surface area contributed by atoms with Crippen molar-refractivity contribution in [3.05, 3.63) is 24.3 Å². The van der Waals surface area contributed by atoms with Gasteiger partial charge in [0.2, 0.25) is 0 Å². The van der Waals surface area contributed by atoms with Gasteiger partial charge in [0.1, 0.15) is 12.4 Å². The smallest absolute Gasteiger partial charge is 0.121 e. The van der Waals surface area contributed by atoms with E-state index in [0.29, 0.717) is 19.3 Å². The number of anilines is 1. The minimum absolute atomic E-state index is 0.591. The molecule has 0 aromatic heterocycles. The Kier molecular flexibility index (Phi) is 6.37. The van der Waals surface area contributed by atoms with Crippen LogP contribution in [0.3, 0.4) is 0 Å². The van der Waals surface area contributed by atoms with Crippen LogP contribution in [0.25, 0.3) is 0 Å². The molecule has 1 aliphatic carbocycles. The minimum atomic E-state index is 0.591. The molecule has 2 rings (SSSR count). The van der Waals surface area contributed by atoms with Crippen molar-refractivity contribution in [1.82, 2.24) is 0 Å². The summed E-state index contributed by atoms with van der Waals surface area (Å²) >= 11 is 0. The molecule has 2 atom stereocenters. The highest BCUT2D eigenvalue weighted by atomic mass is 16.5. The van der Waals surface area contributed by atoms with Crippen molar-refractivity contribution in [2.75, 3.05) is 25.6 Å². The van der Waals surface area contributed by atoms with Crippen molar-refractivity contribution in [2.24, 2.45) is 11.8 Å². The van der Waals surface area contributed by atoms with Crippen molar-refractivity contribution < 1.29 is 9.47 Å². The van der Waals surface area contributed by atoms with Crippen molar-refractivity contribution in [3.63, 3.8) is 0 Å². The zero-order chi connectivity index (χ0) is 15.1. The van der Waals surface area contributed by atoms with Gasteiger partial charge >= 0.3 is 0 Å². The van der Waals surface area contributed by atoms with E-state index < -0.39 is 0 Å². The molecule has 0 heterocycles. The maximum Gasteiger partial charge on any atom is 0.121 e. The Balaban J connectivity index is 1.96. The summed E-state index contributed by atoms with van der Waals surface area (Å²) in [5.74, 6) is 2.43. The topological polar surface area (TPSA) is 30.5 Å². The zero-order valence-electron chi connectivity index (χ0n) is 13.6. The van der Waals surface area contributed by atoms with E-state index in [-0.39, 0.29) is 0 Å². The standard InChI is InChI=1S/C18H29NO2/c1-14(2)17-9-4-5-10-18(17)19-15-7-6-8-16(13-15)21-12-11-20-3/h6-8,13-14,17-19H,4-5,9-12H2,1-3H3. The molecule has 0 amide bonds. The molecule has 1 aromatic rings. The van der Waals surface area contributed by atoms with Crippen molar-refractivity contribution in [1.29, 1.82) is 0 Å². The second-order valence-electron chi connectivity index (χ2n) is 6.31. The van der Waals surface area contributed by atoms with Crippen molar-refractivity contribution >= 4 is 5.69 Å². The molecule has 0 radical (unpaired) electrons. The fraction of sp³-hybridized carbons (Fsp3) is 0.667. The van der Waals surface area contributed by atoms with Gasteiger partial charge in [-0.25, -0.2) is 0 Å². The highest BCUT2D eigenvalue weighted by molar-refractivity contribution is 5.49. The average Bonchev–Trinajstić information content (AvgIpc) is 2.48. The lowest BCUT2D eigenvalue weighted by Crippen LogP contribution is -2.35. The Hall–Kier alpha value is -1.22. The molecule has 21 heavy (non-hydrogen) atoms. The molecule has 1 N–H and O–H groups in total. The summed E-state index contributed by atoms with van der Waals surface area (Å²) < 4.78 is 10.7. The van der Waals surface area contributed by atoms with E-state index >= 15 is 0 Å². The summed E-state index contributed by atoms with van der Waals surface area (Å²) in [6.45, 7) is 5.90. The lowest BCUT2D eigenvalue weighted by Gasteiger charge is -2.35. The van der Waals surface area contributed by atoms with E-state index in [2.05, 4.69) is 37.4 Å². The average molecular weight is 291 g/mol. The number of hydrogen-bond donors (Lipinski definition) is 1. The minimum Gasteiger partial charge on any atom is -0.491 e. The summed E-state index contributed by atoms with van der Waals surface area (Å²) in [5, 5.41) is 3.73. The van der Waals surface area contributed by atoms with E-state index in [1.165, 1.54) is 31.4 Å². The van der Waals surface area contributed by atoms with Crippen molar-refractivity contribution in [2.45, 2.75) is 45.6 Å². The van der Waals surface area contributed by atoms with Crippen LogP contribution >= 0.6 is 0 Å². The Morgan fingerprint density at radius 2 is 2.00 bits per heavy atom. The summed E-state index contributed by atoms with van der Waals surface area (Å²) in [7, 11) is 1.69. The number of benzene rings is 1. The normalized spacial score (nSPS) is 22.3. The van der Waals surface area contributed by atoms with E-state index in [9.17, 15) is 0 Å². The van der Waals surface area contributed by atoms with Crippen LogP contribution in [0, 0.1) is 11.8 Å². The van der Waals surface area contributed by atoms with Gasteiger partial charge < -0.3 is 14.8 Å². The SMILES string of the molecule is COCCOc1cccc(NC2CCCCC2C(C)C)c1. The lowest BCUT2D eigenvalue weighted by molar-refractivity contribution is 0.146. The number of methoxy groups -OCH3 is 1. The van der Waals surface area contributed by atoms with Gasteiger partial charge in [0.15, 0.2) is 0 Å². The van der Waals surface area contributed by atoms with Gasteiger partial charge in [0, 0.05) is 24.9 Å². The predicted molar refractivity (Wildman–Crippen MR) is 88.0 cm³/mol. The van der Waals surface area contributed by atoms with Crippen LogP contribution in [0.1, 0.15) is 39.5 Å². The molecule has 2 unspecified atom stereocenters. The molecule has 1 saturated carbocycles. The number of nitrogens with one attached hydrogen (secondary N) is 1. The first-order chi connectivity index (χ1) is 10.2. The van der Waals surface area contributed by atoms with Crippen LogP contribution in [-0.4, -0.2) is 26.4 Å². The molecule has 1 aliphatic rings. The van der Waals surface area contributed by atoms with Gasteiger partial charge in [-0.05, 0) is 36.8 Å². The van der Waals surface area contributed by atoms with Crippen LogP contribution in [0.5, 0.6) is 5.75 Å². The van der Waals surface area contributed by atoms with Crippen LogP contribution in [0.4, 0.5) is 5.69 Å². The molecular weight excluding hydrogens is 262 g/mol. The first-order valence-corrected chi connectivity index (χ1v) is 8.19. The maximum atomic E-state index is 5.69. The van der Waals surface area contributed by atoms with Crippen LogP contribution in [-0.2, 0) is 4.74 Å². The molecule has 1 aromatic carbocycles. The molecule has 3 nitrogen and oxygen atoms in total. The Labute approximate surface area is 129 Å².